The molecule has 1 saturated carbocycles. The average Bonchev–Trinajstić information content (AvgIpc) is 3.16. The Bertz CT molecular complexity index is 658. The summed E-state index contributed by atoms with van der Waals surface area (Å²) in [5, 5.41) is 1.04. The molecule has 0 unspecified atom stereocenters. The number of nitrogens with zero attached hydrogens (tertiary/aromatic N) is 3. The number of hydrogen-bond acceptors (Lipinski definition) is 5. The first-order valence-electron chi connectivity index (χ1n) is 7.72. The Morgan fingerprint density at radius 2 is 2.00 bits per heavy atom. The number of nitrogen functional groups attached to an aromatic ring is 1. The van der Waals surface area contributed by atoms with E-state index < -0.39 is 0 Å². The van der Waals surface area contributed by atoms with Gasteiger partial charge in [-0.1, -0.05) is 0 Å². The minimum absolute atomic E-state index is 0.512. The zero-order chi connectivity index (χ0) is 15.1. The number of hydrogen-bond donors (Lipinski definition) is 1. The summed E-state index contributed by atoms with van der Waals surface area (Å²) in [5.74, 6) is 2.36. The van der Waals surface area contributed by atoms with Crippen molar-refractivity contribution in [3.05, 3.63) is 16.3 Å². The Labute approximate surface area is 130 Å². The molecule has 1 aliphatic rings. The fourth-order valence-electron chi connectivity index (χ4n) is 2.67. The summed E-state index contributed by atoms with van der Waals surface area (Å²) in [6.07, 6.45) is 2.74. The molecule has 0 spiro atoms. The van der Waals surface area contributed by atoms with Crippen LogP contribution in [0.15, 0.2) is 0 Å². The average molecular weight is 304 g/mol. The van der Waals surface area contributed by atoms with Gasteiger partial charge >= 0.3 is 0 Å². The molecule has 2 N–H and O–H groups in total. The maximum atomic E-state index is 6.17. The Balaban J connectivity index is 1.89. The molecule has 1 fully saturated rings. The molecule has 2 heterocycles. The van der Waals surface area contributed by atoms with Gasteiger partial charge in [0.1, 0.15) is 16.5 Å². The van der Waals surface area contributed by atoms with Gasteiger partial charge in [-0.3, -0.25) is 4.90 Å². The minimum atomic E-state index is 0.512. The fraction of sp³-hybridized carbons (Fsp3) is 0.625. The molecule has 21 heavy (non-hydrogen) atoms. The number of rotatable bonds is 5. The predicted octanol–water partition coefficient (Wildman–Crippen LogP) is 3.51. The zero-order valence-corrected chi connectivity index (χ0v) is 14.1. The van der Waals surface area contributed by atoms with Crippen LogP contribution in [0.5, 0.6) is 0 Å². The standard InChI is InChI=1S/C16H24N4S/c1-9(2)20(7-12-5-6-12)8-13-18-15(17)14-10(3)11(4)21-16(14)19-13/h9,12H,5-8H2,1-4H3,(H2,17,18,19). The van der Waals surface area contributed by atoms with E-state index >= 15 is 0 Å². The van der Waals surface area contributed by atoms with E-state index in [0.717, 1.165) is 35.0 Å². The van der Waals surface area contributed by atoms with Crippen LogP contribution in [-0.4, -0.2) is 27.5 Å². The molecule has 0 radical (unpaired) electrons. The molecule has 4 nitrogen and oxygen atoms in total. The van der Waals surface area contributed by atoms with Crippen molar-refractivity contribution in [2.24, 2.45) is 5.92 Å². The Hall–Kier alpha value is -1.20. The molecule has 0 atom stereocenters. The molecule has 5 heteroatoms. The third kappa shape index (κ3) is 3.04. The summed E-state index contributed by atoms with van der Waals surface area (Å²) < 4.78 is 0. The molecule has 0 amide bonds. The van der Waals surface area contributed by atoms with Crippen molar-refractivity contribution in [3.8, 4) is 0 Å². The largest absolute Gasteiger partial charge is 0.383 e. The summed E-state index contributed by atoms with van der Waals surface area (Å²) >= 11 is 1.72. The normalized spacial score (nSPS) is 15.5. The first-order valence-corrected chi connectivity index (χ1v) is 8.53. The van der Waals surface area contributed by atoms with E-state index in [1.807, 2.05) is 0 Å². The lowest BCUT2D eigenvalue weighted by atomic mass is 10.2. The smallest absolute Gasteiger partial charge is 0.146 e. The summed E-state index contributed by atoms with van der Waals surface area (Å²) in [6.45, 7) is 10.6. The van der Waals surface area contributed by atoms with Gasteiger partial charge in [-0.25, -0.2) is 9.97 Å². The maximum Gasteiger partial charge on any atom is 0.146 e. The molecule has 114 valence electrons. The molecular weight excluding hydrogens is 280 g/mol. The van der Waals surface area contributed by atoms with E-state index in [1.165, 1.54) is 23.3 Å². The van der Waals surface area contributed by atoms with E-state index in [1.54, 1.807) is 11.3 Å². The fourth-order valence-corrected chi connectivity index (χ4v) is 3.72. The predicted molar refractivity (Wildman–Crippen MR) is 89.6 cm³/mol. The van der Waals surface area contributed by atoms with Crippen LogP contribution in [0.4, 0.5) is 5.82 Å². The SMILES string of the molecule is Cc1sc2nc(CN(CC3CC3)C(C)C)nc(N)c2c1C. The minimum Gasteiger partial charge on any atom is -0.383 e. The van der Waals surface area contributed by atoms with Gasteiger partial charge in [-0.05, 0) is 52.0 Å². The highest BCUT2D eigenvalue weighted by atomic mass is 32.1. The Kier molecular flexibility index (Phi) is 3.88. The highest BCUT2D eigenvalue weighted by molar-refractivity contribution is 7.18. The van der Waals surface area contributed by atoms with E-state index in [2.05, 4.69) is 37.6 Å². The summed E-state index contributed by atoms with van der Waals surface area (Å²) in [6, 6.07) is 0.512. The summed E-state index contributed by atoms with van der Waals surface area (Å²) in [5.41, 5.74) is 7.39. The van der Waals surface area contributed by atoms with Gasteiger partial charge in [0.05, 0.1) is 11.9 Å². The van der Waals surface area contributed by atoms with Gasteiger partial charge < -0.3 is 5.73 Å². The first kappa shape index (κ1) is 14.7. The van der Waals surface area contributed by atoms with Gasteiger partial charge in [-0.15, -0.1) is 11.3 Å². The number of aromatic nitrogens is 2. The highest BCUT2D eigenvalue weighted by Gasteiger charge is 2.26. The molecule has 0 aliphatic heterocycles. The van der Waals surface area contributed by atoms with Crippen molar-refractivity contribution in [3.63, 3.8) is 0 Å². The number of nitrogens with two attached hydrogens (primary N) is 1. The van der Waals surface area contributed by atoms with Crippen LogP contribution < -0.4 is 5.73 Å². The lowest BCUT2D eigenvalue weighted by molar-refractivity contribution is 0.199. The molecule has 0 saturated heterocycles. The van der Waals surface area contributed by atoms with E-state index in [-0.39, 0.29) is 0 Å². The molecule has 0 aromatic carbocycles. The van der Waals surface area contributed by atoms with E-state index in [9.17, 15) is 0 Å². The third-order valence-electron chi connectivity index (χ3n) is 4.37. The highest BCUT2D eigenvalue weighted by Crippen LogP contribution is 2.33. The number of thiophene rings is 1. The Morgan fingerprint density at radius 1 is 1.29 bits per heavy atom. The zero-order valence-electron chi connectivity index (χ0n) is 13.3. The number of anilines is 1. The van der Waals surface area contributed by atoms with Crippen molar-refractivity contribution >= 4 is 27.4 Å². The maximum absolute atomic E-state index is 6.17. The van der Waals surface area contributed by atoms with Gasteiger partial charge in [-0.2, -0.15) is 0 Å². The van der Waals surface area contributed by atoms with E-state index in [4.69, 9.17) is 10.7 Å². The van der Waals surface area contributed by atoms with Crippen molar-refractivity contribution in [1.29, 1.82) is 0 Å². The monoisotopic (exact) mass is 304 g/mol. The van der Waals surface area contributed by atoms with Crippen LogP contribution >= 0.6 is 11.3 Å². The van der Waals surface area contributed by atoms with Crippen LogP contribution in [-0.2, 0) is 6.54 Å². The lowest BCUT2D eigenvalue weighted by Gasteiger charge is -2.25. The number of fused-ring (bicyclic) bond motifs is 1. The second-order valence-electron chi connectivity index (χ2n) is 6.46. The van der Waals surface area contributed by atoms with Crippen molar-refractivity contribution in [1.82, 2.24) is 14.9 Å². The Morgan fingerprint density at radius 3 is 2.62 bits per heavy atom. The van der Waals surface area contributed by atoms with Crippen molar-refractivity contribution in [2.75, 3.05) is 12.3 Å². The molecular formula is C16H24N4S. The third-order valence-corrected chi connectivity index (χ3v) is 5.47. The first-order chi connectivity index (χ1) is 9.95. The number of aryl methyl sites for hydroxylation is 2. The molecule has 3 rings (SSSR count). The van der Waals surface area contributed by atoms with Crippen molar-refractivity contribution in [2.45, 2.75) is 53.1 Å². The topological polar surface area (TPSA) is 55.0 Å². The second kappa shape index (κ2) is 5.54. The van der Waals surface area contributed by atoms with Crippen LogP contribution in [0.2, 0.25) is 0 Å². The van der Waals surface area contributed by atoms with E-state index in [0.29, 0.717) is 11.9 Å². The van der Waals surface area contributed by atoms with Gasteiger partial charge in [0.25, 0.3) is 0 Å². The molecule has 2 aromatic heterocycles. The van der Waals surface area contributed by atoms with Crippen LogP contribution in [0.1, 0.15) is 43.0 Å². The lowest BCUT2D eigenvalue weighted by Crippen LogP contribution is -2.33. The quantitative estimate of drug-likeness (QED) is 0.918. The molecule has 1 aliphatic carbocycles. The van der Waals surface area contributed by atoms with Crippen LogP contribution in [0.25, 0.3) is 10.2 Å². The van der Waals surface area contributed by atoms with Gasteiger partial charge in [0, 0.05) is 17.5 Å². The van der Waals surface area contributed by atoms with Gasteiger partial charge in [0.2, 0.25) is 0 Å². The van der Waals surface area contributed by atoms with Crippen LogP contribution in [0.3, 0.4) is 0 Å². The summed E-state index contributed by atoms with van der Waals surface area (Å²) in [4.78, 5) is 14.1. The second-order valence-corrected chi connectivity index (χ2v) is 7.66. The molecule has 0 bridgehead atoms. The summed E-state index contributed by atoms with van der Waals surface area (Å²) in [7, 11) is 0. The molecule has 2 aromatic rings. The van der Waals surface area contributed by atoms with Gasteiger partial charge in [0.15, 0.2) is 0 Å². The van der Waals surface area contributed by atoms with Crippen LogP contribution in [0, 0.1) is 19.8 Å². The van der Waals surface area contributed by atoms with Crippen molar-refractivity contribution < 1.29 is 0 Å².